The first-order valence-corrected chi connectivity index (χ1v) is 8.07. The number of hydrogen-bond acceptors (Lipinski definition) is 1. The largest absolute Gasteiger partial charge is 0.326 e. The molecule has 0 saturated carbocycles. The highest BCUT2D eigenvalue weighted by molar-refractivity contribution is 6.31. The Bertz CT molecular complexity index is 417. The Morgan fingerprint density at radius 1 is 1.10 bits per heavy atom. The molecule has 1 aromatic rings. The van der Waals surface area contributed by atoms with E-state index in [1.807, 2.05) is 19.1 Å². The molecule has 2 nitrogen and oxygen atoms in total. The van der Waals surface area contributed by atoms with Crippen LogP contribution in [0.15, 0.2) is 18.2 Å². The maximum atomic E-state index is 11.8. The Kier molecular flexibility index (Phi) is 8.36. The molecule has 112 valence electrons. The van der Waals surface area contributed by atoms with E-state index < -0.39 is 0 Å². The Hall–Kier alpha value is -1.02. The van der Waals surface area contributed by atoms with E-state index in [-0.39, 0.29) is 5.91 Å². The van der Waals surface area contributed by atoms with E-state index in [2.05, 4.69) is 12.2 Å². The second-order valence-electron chi connectivity index (χ2n) is 5.38. The molecular formula is C17H26ClNO. The first-order valence-electron chi connectivity index (χ1n) is 7.69. The molecule has 1 aromatic carbocycles. The standard InChI is InChI=1S/C17H26ClNO/c1-3-4-5-6-7-8-9-10-17(20)19-15-12-11-14(2)16(18)13-15/h11-13H,3-10H2,1-2H3,(H,19,20). The van der Waals surface area contributed by atoms with Crippen LogP contribution in [0.5, 0.6) is 0 Å². The molecule has 1 amide bonds. The van der Waals surface area contributed by atoms with Crippen molar-refractivity contribution >= 4 is 23.2 Å². The predicted molar refractivity (Wildman–Crippen MR) is 87.4 cm³/mol. The van der Waals surface area contributed by atoms with Gasteiger partial charge < -0.3 is 5.32 Å². The average molecular weight is 296 g/mol. The van der Waals surface area contributed by atoms with Crippen molar-refractivity contribution in [3.05, 3.63) is 28.8 Å². The van der Waals surface area contributed by atoms with E-state index in [1.54, 1.807) is 6.07 Å². The quantitative estimate of drug-likeness (QED) is 0.579. The van der Waals surface area contributed by atoms with E-state index in [4.69, 9.17) is 11.6 Å². The first kappa shape index (κ1) is 17.0. The molecule has 0 aliphatic rings. The van der Waals surface area contributed by atoms with Gasteiger partial charge in [-0.2, -0.15) is 0 Å². The van der Waals surface area contributed by atoms with Gasteiger partial charge in [-0.15, -0.1) is 0 Å². The van der Waals surface area contributed by atoms with Gasteiger partial charge in [0.15, 0.2) is 0 Å². The number of amides is 1. The molecule has 0 bridgehead atoms. The molecule has 0 aromatic heterocycles. The van der Waals surface area contributed by atoms with Crippen LogP contribution in [-0.4, -0.2) is 5.91 Å². The summed E-state index contributed by atoms with van der Waals surface area (Å²) in [6, 6.07) is 5.62. The van der Waals surface area contributed by atoms with Gasteiger partial charge in [0.1, 0.15) is 0 Å². The zero-order valence-corrected chi connectivity index (χ0v) is 13.4. The molecule has 0 radical (unpaired) electrons. The summed E-state index contributed by atoms with van der Waals surface area (Å²) in [7, 11) is 0. The highest BCUT2D eigenvalue weighted by Crippen LogP contribution is 2.20. The number of rotatable bonds is 9. The minimum Gasteiger partial charge on any atom is -0.326 e. The minimum atomic E-state index is 0.0819. The van der Waals surface area contributed by atoms with Crippen LogP contribution in [0.25, 0.3) is 0 Å². The van der Waals surface area contributed by atoms with Crippen LogP contribution >= 0.6 is 11.6 Å². The Morgan fingerprint density at radius 3 is 2.40 bits per heavy atom. The van der Waals surface area contributed by atoms with Gasteiger partial charge in [-0.1, -0.05) is 63.1 Å². The summed E-state index contributed by atoms with van der Waals surface area (Å²) in [5.41, 5.74) is 1.81. The van der Waals surface area contributed by atoms with Gasteiger partial charge in [-0.3, -0.25) is 4.79 Å². The lowest BCUT2D eigenvalue weighted by Gasteiger charge is -2.07. The first-order chi connectivity index (χ1) is 9.63. The molecule has 20 heavy (non-hydrogen) atoms. The van der Waals surface area contributed by atoms with Crippen LogP contribution in [0.2, 0.25) is 5.02 Å². The lowest BCUT2D eigenvalue weighted by atomic mass is 10.1. The van der Waals surface area contributed by atoms with E-state index in [1.165, 1.54) is 32.1 Å². The highest BCUT2D eigenvalue weighted by Gasteiger charge is 2.03. The summed E-state index contributed by atoms with van der Waals surface area (Å²) in [6.45, 7) is 4.17. The van der Waals surface area contributed by atoms with Crippen LogP contribution in [0.4, 0.5) is 5.69 Å². The van der Waals surface area contributed by atoms with Crippen molar-refractivity contribution in [2.75, 3.05) is 5.32 Å². The lowest BCUT2D eigenvalue weighted by Crippen LogP contribution is -2.11. The molecule has 0 atom stereocenters. The fourth-order valence-electron chi connectivity index (χ4n) is 2.14. The zero-order chi connectivity index (χ0) is 14.8. The molecule has 0 aliphatic carbocycles. The highest BCUT2D eigenvalue weighted by atomic mass is 35.5. The lowest BCUT2D eigenvalue weighted by molar-refractivity contribution is -0.116. The predicted octanol–water partition coefficient (Wildman–Crippen LogP) is 5.73. The maximum absolute atomic E-state index is 11.8. The van der Waals surface area contributed by atoms with Crippen LogP contribution in [-0.2, 0) is 4.79 Å². The SMILES string of the molecule is CCCCCCCCCC(=O)Nc1ccc(C)c(Cl)c1. The van der Waals surface area contributed by atoms with Gasteiger partial charge >= 0.3 is 0 Å². The third-order valence-corrected chi connectivity index (χ3v) is 3.87. The smallest absolute Gasteiger partial charge is 0.224 e. The minimum absolute atomic E-state index is 0.0819. The summed E-state index contributed by atoms with van der Waals surface area (Å²) in [4.78, 5) is 11.8. The number of unbranched alkanes of at least 4 members (excludes halogenated alkanes) is 6. The second-order valence-corrected chi connectivity index (χ2v) is 5.79. The van der Waals surface area contributed by atoms with E-state index >= 15 is 0 Å². The van der Waals surface area contributed by atoms with Gasteiger partial charge in [0.25, 0.3) is 0 Å². The fraction of sp³-hybridized carbons (Fsp3) is 0.588. The number of hydrogen-bond donors (Lipinski definition) is 1. The summed E-state index contributed by atoms with van der Waals surface area (Å²) < 4.78 is 0. The molecule has 1 rings (SSSR count). The summed E-state index contributed by atoms with van der Waals surface area (Å²) in [5, 5.41) is 3.59. The molecule has 3 heteroatoms. The number of halogens is 1. The molecule has 0 aliphatic heterocycles. The number of aryl methyl sites for hydroxylation is 1. The van der Waals surface area contributed by atoms with Crippen molar-refractivity contribution in [2.24, 2.45) is 0 Å². The van der Waals surface area contributed by atoms with Crippen molar-refractivity contribution in [3.8, 4) is 0 Å². The monoisotopic (exact) mass is 295 g/mol. The topological polar surface area (TPSA) is 29.1 Å². The van der Waals surface area contributed by atoms with Gasteiger partial charge in [-0.25, -0.2) is 0 Å². The van der Waals surface area contributed by atoms with E-state index in [0.29, 0.717) is 11.4 Å². The summed E-state index contributed by atoms with van der Waals surface area (Å²) in [6.07, 6.45) is 9.18. The number of carbonyl (C=O) groups excluding carboxylic acids is 1. The third kappa shape index (κ3) is 6.95. The molecule has 0 unspecified atom stereocenters. The Morgan fingerprint density at radius 2 is 1.75 bits per heavy atom. The van der Waals surface area contributed by atoms with Gasteiger partial charge in [0.2, 0.25) is 5.91 Å². The van der Waals surface area contributed by atoms with E-state index in [9.17, 15) is 4.79 Å². The van der Waals surface area contributed by atoms with Crippen molar-refractivity contribution in [1.82, 2.24) is 0 Å². The van der Waals surface area contributed by atoms with Crippen molar-refractivity contribution in [3.63, 3.8) is 0 Å². The molecule has 0 fully saturated rings. The molecule has 0 heterocycles. The van der Waals surface area contributed by atoms with E-state index in [0.717, 1.165) is 24.1 Å². The second kappa shape index (κ2) is 9.82. The van der Waals surface area contributed by atoms with Gasteiger partial charge in [0.05, 0.1) is 0 Å². The molecule has 1 N–H and O–H groups in total. The van der Waals surface area contributed by atoms with Crippen LogP contribution in [0.1, 0.15) is 63.9 Å². The number of benzene rings is 1. The number of anilines is 1. The molecule has 0 saturated heterocycles. The normalized spacial score (nSPS) is 10.6. The van der Waals surface area contributed by atoms with Gasteiger partial charge in [-0.05, 0) is 31.0 Å². The van der Waals surface area contributed by atoms with Gasteiger partial charge in [0, 0.05) is 17.1 Å². The maximum Gasteiger partial charge on any atom is 0.224 e. The third-order valence-electron chi connectivity index (χ3n) is 3.46. The van der Waals surface area contributed by atoms with Crippen LogP contribution < -0.4 is 5.32 Å². The Labute approximate surface area is 127 Å². The van der Waals surface area contributed by atoms with Crippen molar-refractivity contribution in [2.45, 2.75) is 65.2 Å². The molecular weight excluding hydrogens is 270 g/mol. The fourth-order valence-corrected chi connectivity index (χ4v) is 2.32. The van der Waals surface area contributed by atoms with Crippen LogP contribution in [0, 0.1) is 6.92 Å². The summed E-state index contributed by atoms with van der Waals surface area (Å²) in [5.74, 6) is 0.0819. The zero-order valence-electron chi connectivity index (χ0n) is 12.7. The number of carbonyl (C=O) groups is 1. The van der Waals surface area contributed by atoms with Crippen molar-refractivity contribution in [1.29, 1.82) is 0 Å². The van der Waals surface area contributed by atoms with Crippen molar-refractivity contribution < 1.29 is 4.79 Å². The average Bonchev–Trinajstić information content (AvgIpc) is 2.42. The number of nitrogens with one attached hydrogen (secondary N) is 1. The Balaban J connectivity index is 2.15. The molecule has 0 spiro atoms. The summed E-state index contributed by atoms with van der Waals surface area (Å²) >= 11 is 6.03. The van der Waals surface area contributed by atoms with Crippen LogP contribution in [0.3, 0.4) is 0 Å².